The molecule has 0 fully saturated rings. The zero-order chi connectivity index (χ0) is 40.8. The first kappa shape index (κ1) is 54.1. The van der Waals surface area contributed by atoms with Gasteiger partial charge in [-0.1, -0.05) is 153 Å². The van der Waals surface area contributed by atoms with Gasteiger partial charge >= 0.3 is 0 Å². The van der Waals surface area contributed by atoms with Crippen molar-refractivity contribution in [3.05, 3.63) is 36.5 Å². The second kappa shape index (κ2) is 45.8. The van der Waals surface area contributed by atoms with Crippen molar-refractivity contribution in [1.82, 2.24) is 20.4 Å². The molecule has 56 heavy (non-hydrogen) atoms. The average molecular weight is 785 g/mol. The van der Waals surface area contributed by atoms with E-state index in [0.717, 1.165) is 77.8 Å². The molecule has 0 aliphatic carbocycles. The predicted octanol–water partition coefficient (Wildman–Crippen LogP) is 13.3. The quantitative estimate of drug-likeness (QED) is 0.0477. The summed E-state index contributed by atoms with van der Waals surface area (Å²) >= 11 is 0. The summed E-state index contributed by atoms with van der Waals surface area (Å²) in [5.41, 5.74) is 0. The summed E-state index contributed by atoms with van der Waals surface area (Å²) in [7, 11) is 4.35. The van der Waals surface area contributed by atoms with E-state index in [2.05, 4.69) is 84.8 Å². The molecule has 0 saturated heterocycles. The number of carbonyl (C=O) groups excluding carboxylic acids is 2. The maximum absolute atomic E-state index is 12.2. The number of rotatable bonds is 44. The van der Waals surface area contributed by atoms with E-state index in [1.54, 1.807) is 0 Å². The summed E-state index contributed by atoms with van der Waals surface area (Å²) in [6, 6.07) is 0. The summed E-state index contributed by atoms with van der Waals surface area (Å²) in [6.45, 7) is 10.2. The summed E-state index contributed by atoms with van der Waals surface area (Å²) in [6.07, 6.45) is 53.0. The molecule has 0 atom stereocenters. The van der Waals surface area contributed by atoms with Crippen molar-refractivity contribution in [2.45, 2.75) is 219 Å². The van der Waals surface area contributed by atoms with Crippen LogP contribution in [-0.4, -0.2) is 75.0 Å². The summed E-state index contributed by atoms with van der Waals surface area (Å²) in [4.78, 5) is 29.1. The van der Waals surface area contributed by atoms with Gasteiger partial charge in [0.05, 0.1) is 0 Å². The standard InChI is InChI=1S/C50H96N4O2/c1-5-7-9-11-13-15-17-19-21-23-25-27-29-31-34-41-49(55)51-43-36-39-47-53(3)45-37-33-38-46-54(4)48-40-44-52-50(56)42-35-32-30-28-26-24-22-20-18-16-14-12-10-8-6-2/h19-22,33,37H,5-18,23-32,34-36,38-48H2,1-4H3,(H,51,55)(H,52,56)/b21-19-,22-20-,37-33?. The lowest BCUT2D eigenvalue weighted by Gasteiger charge is -2.16. The molecular formula is C50H96N4O2. The van der Waals surface area contributed by atoms with Gasteiger partial charge in [-0.25, -0.2) is 0 Å². The molecule has 0 aromatic rings. The first-order valence-corrected chi connectivity index (χ1v) is 24.3. The first-order valence-electron chi connectivity index (χ1n) is 24.3. The largest absolute Gasteiger partial charge is 0.356 e. The Bertz CT molecular complexity index is 917. The lowest BCUT2D eigenvalue weighted by Crippen LogP contribution is -2.28. The van der Waals surface area contributed by atoms with Crippen molar-refractivity contribution in [3.8, 4) is 0 Å². The number of hydrogen-bond donors (Lipinski definition) is 2. The summed E-state index contributed by atoms with van der Waals surface area (Å²) in [5, 5.41) is 6.24. The van der Waals surface area contributed by atoms with Crippen molar-refractivity contribution in [2.75, 3.05) is 53.4 Å². The minimum atomic E-state index is 0.214. The van der Waals surface area contributed by atoms with Crippen LogP contribution < -0.4 is 10.6 Å². The Labute approximate surface area is 349 Å². The lowest BCUT2D eigenvalue weighted by atomic mass is 10.1. The van der Waals surface area contributed by atoms with E-state index in [1.165, 1.54) is 154 Å². The lowest BCUT2D eigenvalue weighted by molar-refractivity contribution is -0.122. The molecule has 0 aromatic carbocycles. The van der Waals surface area contributed by atoms with E-state index in [1.807, 2.05) is 0 Å². The molecular weight excluding hydrogens is 689 g/mol. The van der Waals surface area contributed by atoms with Crippen LogP contribution in [0.2, 0.25) is 0 Å². The van der Waals surface area contributed by atoms with Crippen LogP contribution in [0.1, 0.15) is 219 Å². The molecule has 328 valence electrons. The van der Waals surface area contributed by atoms with Crippen molar-refractivity contribution in [3.63, 3.8) is 0 Å². The Hall–Kier alpha value is -1.92. The van der Waals surface area contributed by atoms with Gasteiger partial charge in [-0.2, -0.15) is 0 Å². The summed E-state index contributed by atoms with van der Waals surface area (Å²) < 4.78 is 0. The van der Waals surface area contributed by atoms with Crippen LogP contribution in [0.4, 0.5) is 0 Å². The van der Waals surface area contributed by atoms with Crippen LogP contribution in [0, 0.1) is 0 Å². The smallest absolute Gasteiger partial charge is 0.219 e. The SMILES string of the molecule is CCCCCCCC/C=C\CCCCCCCC(=O)NCCCCN(C)CC=CCCN(C)CCCNC(=O)CCCCCCC/C=C\CCCCCCCC. The Morgan fingerprint density at radius 3 is 1.21 bits per heavy atom. The zero-order valence-electron chi connectivity index (χ0n) is 38.0. The van der Waals surface area contributed by atoms with Gasteiger partial charge in [0.15, 0.2) is 0 Å². The van der Waals surface area contributed by atoms with Gasteiger partial charge in [0.1, 0.15) is 0 Å². The van der Waals surface area contributed by atoms with Gasteiger partial charge in [0.2, 0.25) is 11.8 Å². The Morgan fingerprint density at radius 1 is 0.375 bits per heavy atom. The number of nitrogens with zero attached hydrogens (tertiary/aromatic N) is 2. The fraction of sp³-hybridized carbons (Fsp3) is 0.840. The number of hydrogen-bond acceptors (Lipinski definition) is 4. The molecule has 0 bridgehead atoms. The molecule has 0 aliphatic rings. The maximum atomic E-state index is 12.2. The van der Waals surface area contributed by atoms with Crippen molar-refractivity contribution in [2.24, 2.45) is 0 Å². The Morgan fingerprint density at radius 2 is 0.750 bits per heavy atom. The Balaban J connectivity index is 3.50. The number of likely N-dealkylation sites (N-methyl/N-ethyl adjacent to an activating group) is 1. The van der Waals surface area contributed by atoms with Crippen LogP contribution in [0.3, 0.4) is 0 Å². The van der Waals surface area contributed by atoms with E-state index in [9.17, 15) is 9.59 Å². The van der Waals surface area contributed by atoms with E-state index >= 15 is 0 Å². The monoisotopic (exact) mass is 785 g/mol. The van der Waals surface area contributed by atoms with Crippen molar-refractivity contribution in [1.29, 1.82) is 0 Å². The van der Waals surface area contributed by atoms with Crippen LogP contribution >= 0.6 is 0 Å². The molecule has 0 heterocycles. The fourth-order valence-corrected chi connectivity index (χ4v) is 7.07. The predicted molar refractivity (Wildman–Crippen MR) is 248 cm³/mol. The van der Waals surface area contributed by atoms with Gasteiger partial charge in [0.25, 0.3) is 0 Å². The van der Waals surface area contributed by atoms with E-state index in [-0.39, 0.29) is 11.8 Å². The zero-order valence-corrected chi connectivity index (χ0v) is 38.0. The molecule has 0 saturated carbocycles. The molecule has 0 unspecified atom stereocenters. The number of carbonyl (C=O) groups is 2. The molecule has 0 aromatic heterocycles. The highest BCUT2D eigenvalue weighted by atomic mass is 16.2. The number of allylic oxidation sites excluding steroid dienone is 4. The maximum Gasteiger partial charge on any atom is 0.219 e. The second-order valence-electron chi connectivity index (χ2n) is 16.8. The van der Waals surface area contributed by atoms with Gasteiger partial charge in [-0.3, -0.25) is 9.59 Å². The molecule has 0 rings (SSSR count). The van der Waals surface area contributed by atoms with Crippen molar-refractivity contribution >= 4 is 11.8 Å². The van der Waals surface area contributed by atoms with Gasteiger partial charge in [0, 0.05) is 39.0 Å². The molecule has 0 spiro atoms. The van der Waals surface area contributed by atoms with Gasteiger partial charge in [-0.05, 0) is 117 Å². The topological polar surface area (TPSA) is 64.7 Å². The Kier molecular flexibility index (Phi) is 44.2. The molecule has 2 amide bonds. The third kappa shape index (κ3) is 44.8. The fourth-order valence-electron chi connectivity index (χ4n) is 7.07. The minimum absolute atomic E-state index is 0.214. The highest BCUT2D eigenvalue weighted by Crippen LogP contribution is 2.12. The van der Waals surface area contributed by atoms with Crippen LogP contribution in [0.25, 0.3) is 0 Å². The van der Waals surface area contributed by atoms with Crippen molar-refractivity contribution < 1.29 is 9.59 Å². The minimum Gasteiger partial charge on any atom is -0.356 e. The first-order chi connectivity index (χ1) is 27.5. The van der Waals surface area contributed by atoms with E-state index in [4.69, 9.17) is 0 Å². The number of nitrogens with one attached hydrogen (secondary N) is 2. The number of amides is 2. The molecule has 0 radical (unpaired) electrons. The average Bonchev–Trinajstić information content (AvgIpc) is 3.19. The van der Waals surface area contributed by atoms with Crippen LogP contribution in [0.5, 0.6) is 0 Å². The van der Waals surface area contributed by atoms with Gasteiger partial charge < -0.3 is 20.4 Å². The molecule has 6 heteroatoms. The van der Waals surface area contributed by atoms with E-state index in [0.29, 0.717) is 12.8 Å². The normalized spacial score (nSPS) is 12.0. The van der Waals surface area contributed by atoms with E-state index < -0.39 is 0 Å². The molecule has 6 nitrogen and oxygen atoms in total. The second-order valence-corrected chi connectivity index (χ2v) is 16.8. The van der Waals surface area contributed by atoms with Gasteiger partial charge in [-0.15, -0.1) is 0 Å². The van der Waals surface area contributed by atoms with Crippen LogP contribution in [-0.2, 0) is 9.59 Å². The highest BCUT2D eigenvalue weighted by Gasteiger charge is 2.04. The summed E-state index contributed by atoms with van der Waals surface area (Å²) in [5.74, 6) is 0.434. The van der Waals surface area contributed by atoms with Crippen LogP contribution in [0.15, 0.2) is 36.5 Å². The molecule has 0 aliphatic heterocycles. The molecule has 2 N–H and O–H groups in total. The third-order valence-corrected chi connectivity index (χ3v) is 10.9. The highest BCUT2D eigenvalue weighted by molar-refractivity contribution is 5.76. The third-order valence-electron chi connectivity index (χ3n) is 10.9. The number of unbranched alkanes of at least 4 members (excludes halogenated alkanes) is 23.